The van der Waals surface area contributed by atoms with Crippen molar-refractivity contribution in [1.82, 2.24) is 10.2 Å². The molecule has 1 N–H and O–H groups in total. The Bertz CT molecular complexity index is 383. The van der Waals surface area contributed by atoms with E-state index in [2.05, 4.69) is 12.2 Å². The van der Waals surface area contributed by atoms with Crippen LogP contribution in [-0.2, 0) is 0 Å². The van der Waals surface area contributed by atoms with Gasteiger partial charge in [-0.3, -0.25) is 4.79 Å². The van der Waals surface area contributed by atoms with Gasteiger partial charge in [-0.2, -0.15) is 0 Å². The maximum Gasteiger partial charge on any atom is 0.264 e. The molecule has 1 unspecified atom stereocenters. The van der Waals surface area contributed by atoms with Crippen LogP contribution in [0.15, 0.2) is 11.4 Å². The molecule has 1 aromatic rings. The monoisotopic (exact) mass is 276 g/mol. The summed E-state index contributed by atoms with van der Waals surface area (Å²) >= 11 is 1.44. The highest BCUT2D eigenvalue weighted by molar-refractivity contribution is 7.12. The number of hydrogen-bond acceptors (Lipinski definition) is 4. The zero-order chi connectivity index (χ0) is 11.5. The van der Waals surface area contributed by atoms with Gasteiger partial charge in [0.05, 0.1) is 12.0 Å². The fourth-order valence-corrected chi connectivity index (χ4v) is 2.63. The number of ether oxygens (including phenoxy) is 1. The van der Waals surface area contributed by atoms with Gasteiger partial charge in [-0.15, -0.1) is 23.7 Å². The van der Waals surface area contributed by atoms with Crippen LogP contribution in [0, 0.1) is 0 Å². The van der Waals surface area contributed by atoms with Crippen LogP contribution in [0.5, 0.6) is 5.75 Å². The van der Waals surface area contributed by atoms with Gasteiger partial charge in [0.15, 0.2) is 0 Å². The molecule has 1 aliphatic rings. The predicted molar refractivity (Wildman–Crippen MR) is 71.5 cm³/mol. The van der Waals surface area contributed by atoms with Crippen LogP contribution in [0.25, 0.3) is 0 Å². The second kappa shape index (κ2) is 6.23. The third-order valence-corrected chi connectivity index (χ3v) is 3.68. The second-order valence-corrected chi connectivity index (χ2v) is 4.81. The van der Waals surface area contributed by atoms with Crippen LogP contribution in [0.3, 0.4) is 0 Å². The minimum absolute atomic E-state index is 0. The molecule has 0 radical (unpaired) electrons. The van der Waals surface area contributed by atoms with Crippen molar-refractivity contribution in [1.29, 1.82) is 0 Å². The topological polar surface area (TPSA) is 41.6 Å². The number of nitrogens with zero attached hydrogens (tertiary/aromatic N) is 1. The number of hydrogen-bond donors (Lipinski definition) is 1. The molecule has 1 atom stereocenters. The molecule has 4 nitrogen and oxygen atoms in total. The van der Waals surface area contributed by atoms with E-state index in [4.69, 9.17) is 4.74 Å². The first kappa shape index (κ1) is 14.3. The Morgan fingerprint density at radius 3 is 3.00 bits per heavy atom. The third kappa shape index (κ3) is 3.12. The molecule has 1 amide bonds. The van der Waals surface area contributed by atoms with Crippen LogP contribution < -0.4 is 10.1 Å². The van der Waals surface area contributed by atoms with Crippen LogP contribution >= 0.6 is 23.7 Å². The van der Waals surface area contributed by atoms with E-state index >= 15 is 0 Å². The molecule has 2 heterocycles. The zero-order valence-electron chi connectivity index (χ0n) is 9.93. The van der Waals surface area contributed by atoms with Gasteiger partial charge in [-0.25, -0.2) is 0 Å². The van der Waals surface area contributed by atoms with Crippen molar-refractivity contribution in [2.24, 2.45) is 0 Å². The molecule has 17 heavy (non-hydrogen) atoms. The Balaban J connectivity index is 0.00000144. The maximum atomic E-state index is 12.2. The van der Waals surface area contributed by atoms with E-state index in [-0.39, 0.29) is 24.4 Å². The van der Waals surface area contributed by atoms with Gasteiger partial charge in [0.1, 0.15) is 5.75 Å². The molecule has 1 aliphatic heterocycles. The molecule has 1 fully saturated rings. The fraction of sp³-hybridized carbons (Fsp3) is 0.545. The largest absolute Gasteiger partial charge is 0.496 e. The van der Waals surface area contributed by atoms with Crippen LogP contribution in [0.4, 0.5) is 0 Å². The van der Waals surface area contributed by atoms with Crippen molar-refractivity contribution in [3.05, 3.63) is 16.3 Å². The Morgan fingerprint density at radius 1 is 1.65 bits per heavy atom. The number of amides is 1. The van der Waals surface area contributed by atoms with Crippen molar-refractivity contribution in [3.8, 4) is 5.75 Å². The lowest BCUT2D eigenvalue weighted by Crippen LogP contribution is -2.52. The van der Waals surface area contributed by atoms with Crippen molar-refractivity contribution >= 4 is 29.7 Å². The number of thiophene rings is 1. The van der Waals surface area contributed by atoms with Gasteiger partial charge < -0.3 is 15.0 Å². The standard InChI is InChI=1S/C11H16N2O2S.ClH/c1-8-6-12-3-4-13(8)11(14)10-5-9(15-2)7-16-10;/h5,7-8,12H,3-4,6H2,1-2H3;1H. The fourth-order valence-electron chi connectivity index (χ4n) is 1.82. The lowest BCUT2D eigenvalue weighted by molar-refractivity contribution is 0.0660. The van der Waals surface area contributed by atoms with Gasteiger partial charge in [0.2, 0.25) is 0 Å². The maximum absolute atomic E-state index is 12.2. The van der Waals surface area contributed by atoms with Crippen molar-refractivity contribution in [2.75, 3.05) is 26.7 Å². The number of carbonyl (C=O) groups is 1. The first-order chi connectivity index (χ1) is 7.72. The normalized spacial score (nSPS) is 19.6. The minimum atomic E-state index is 0. The Morgan fingerprint density at radius 2 is 2.41 bits per heavy atom. The first-order valence-corrected chi connectivity index (χ1v) is 6.24. The minimum Gasteiger partial charge on any atom is -0.496 e. The number of rotatable bonds is 2. The Labute approximate surface area is 111 Å². The SMILES string of the molecule is COc1csc(C(=O)N2CCNCC2C)c1.Cl. The lowest BCUT2D eigenvalue weighted by Gasteiger charge is -2.33. The number of halogens is 1. The van der Waals surface area contributed by atoms with Gasteiger partial charge in [0, 0.05) is 37.1 Å². The summed E-state index contributed by atoms with van der Waals surface area (Å²) in [5.74, 6) is 0.874. The smallest absolute Gasteiger partial charge is 0.264 e. The van der Waals surface area contributed by atoms with Crippen molar-refractivity contribution < 1.29 is 9.53 Å². The van der Waals surface area contributed by atoms with E-state index < -0.39 is 0 Å². The Hall–Kier alpha value is -0.780. The molecule has 6 heteroatoms. The quantitative estimate of drug-likeness (QED) is 0.892. The van der Waals surface area contributed by atoms with E-state index in [0.29, 0.717) is 0 Å². The number of carbonyl (C=O) groups excluding carboxylic acids is 1. The molecule has 1 aromatic heterocycles. The number of methoxy groups -OCH3 is 1. The van der Waals surface area contributed by atoms with E-state index in [0.717, 1.165) is 30.3 Å². The molecule has 96 valence electrons. The molecule has 0 spiro atoms. The van der Waals surface area contributed by atoms with Crippen LogP contribution in [-0.4, -0.2) is 43.6 Å². The van der Waals surface area contributed by atoms with Crippen molar-refractivity contribution in [3.63, 3.8) is 0 Å². The number of nitrogens with one attached hydrogen (secondary N) is 1. The summed E-state index contributed by atoms with van der Waals surface area (Å²) in [6, 6.07) is 2.07. The first-order valence-electron chi connectivity index (χ1n) is 5.36. The van der Waals surface area contributed by atoms with E-state index in [1.165, 1.54) is 11.3 Å². The molecule has 1 saturated heterocycles. The zero-order valence-corrected chi connectivity index (χ0v) is 11.6. The Kier molecular flexibility index (Phi) is 5.24. The average molecular weight is 277 g/mol. The van der Waals surface area contributed by atoms with E-state index in [9.17, 15) is 4.79 Å². The average Bonchev–Trinajstić information content (AvgIpc) is 2.77. The van der Waals surface area contributed by atoms with E-state index in [1.807, 2.05) is 16.3 Å². The molecular weight excluding hydrogens is 260 g/mol. The van der Waals surface area contributed by atoms with Gasteiger partial charge in [0.25, 0.3) is 5.91 Å². The molecule has 0 aromatic carbocycles. The summed E-state index contributed by atoms with van der Waals surface area (Å²) in [7, 11) is 1.61. The molecule has 2 rings (SSSR count). The second-order valence-electron chi connectivity index (χ2n) is 3.90. The van der Waals surface area contributed by atoms with Crippen molar-refractivity contribution in [2.45, 2.75) is 13.0 Å². The molecule has 0 aliphatic carbocycles. The third-order valence-electron chi connectivity index (χ3n) is 2.78. The molecule has 0 bridgehead atoms. The highest BCUT2D eigenvalue weighted by atomic mass is 35.5. The van der Waals surface area contributed by atoms with Gasteiger partial charge >= 0.3 is 0 Å². The lowest BCUT2D eigenvalue weighted by atomic mass is 10.2. The predicted octanol–water partition coefficient (Wildman–Crippen LogP) is 1.61. The summed E-state index contributed by atoms with van der Waals surface area (Å²) in [6.45, 7) is 4.59. The summed E-state index contributed by atoms with van der Waals surface area (Å²) in [5, 5.41) is 5.13. The van der Waals surface area contributed by atoms with E-state index in [1.54, 1.807) is 7.11 Å². The highest BCUT2D eigenvalue weighted by Crippen LogP contribution is 2.23. The van der Waals surface area contributed by atoms with Crippen LogP contribution in [0.2, 0.25) is 0 Å². The van der Waals surface area contributed by atoms with Crippen LogP contribution in [0.1, 0.15) is 16.6 Å². The highest BCUT2D eigenvalue weighted by Gasteiger charge is 2.25. The van der Waals surface area contributed by atoms with Gasteiger partial charge in [-0.05, 0) is 6.92 Å². The summed E-state index contributed by atoms with van der Waals surface area (Å²) in [6.07, 6.45) is 0. The summed E-state index contributed by atoms with van der Waals surface area (Å²) in [5.41, 5.74) is 0. The van der Waals surface area contributed by atoms with Gasteiger partial charge in [-0.1, -0.05) is 0 Å². The summed E-state index contributed by atoms with van der Waals surface area (Å²) < 4.78 is 5.09. The molecule has 0 saturated carbocycles. The summed E-state index contributed by atoms with van der Waals surface area (Å²) in [4.78, 5) is 14.9. The number of piperazine rings is 1. The molecular formula is C11H17ClN2O2S.